The van der Waals surface area contributed by atoms with Crippen LogP contribution in [0.5, 0.6) is 0 Å². The molecule has 0 N–H and O–H groups in total. The molecule has 0 amide bonds. The number of hydrogen-bond acceptors (Lipinski definition) is 0. The van der Waals surface area contributed by atoms with Crippen molar-refractivity contribution in [2.24, 2.45) is 23.7 Å². The fraction of sp³-hybridized carbons (Fsp3) is 0.875. The van der Waals surface area contributed by atoms with Crippen molar-refractivity contribution in [1.29, 1.82) is 0 Å². The molecule has 2 aliphatic rings. The van der Waals surface area contributed by atoms with E-state index in [0.29, 0.717) is 0 Å². The first-order chi connectivity index (χ1) is 7.79. The minimum atomic E-state index is 0.906. The maximum atomic E-state index is 2.43. The van der Waals surface area contributed by atoms with Gasteiger partial charge in [0.05, 0.1) is 0 Å². The maximum absolute atomic E-state index is 2.43. The minimum absolute atomic E-state index is 0.906. The Kier molecular flexibility index (Phi) is 4.49. The number of rotatable bonds is 2. The summed E-state index contributed by atoms with van der Waals surface area (Å²) in [4.78, 5) is 0. The Balaban J connectivity index is 1.76. The predicted molar refractivity (Wildman–Crippen MR) is 71.4 cm³/mol. The van der Waals surface area contributed by atoms with E-state index in [9.17, 15) is 0 Å². The summed E-state index contributed by atoms with van der Waals surface area (Å²) in [5.41, 5.74) is 0. The second kappa shape index (κ2) is 5.89. The number of hydrogen-bond donors (Lipinski definition) is 0. The lowest BCUT2D eigenvalue weighted by atomic mass is 9.69. The minimum Gasteiger partial charge on any atom is -0.0914 e. The molecule has 0 atom stereocenters. The molecule has 0 bridgehead atoms. The van der Waals surface area contributed by atoms with Gasteiger partial charge in [0.15, 0.2) is 0 Å². The van der Waals surface area contributed by atoms with Gasteiger partial charge in [0.2, 0.25) is 0 Å². The summed E-state index contributed by atoms with van der Waals surface area (Å²) >= 11 is 0. The SMILES string of the molecule is C/C=C\C1CCC(C2CCC(C)CC2)CC1. The highest BCUT2D eigenvalue weighted by Gasteiger charge is 2.28. The molecule has 0 aliphatic heterocycles. The van der Waals surface area contributed by atoms with Crippen molar-refractivity contribution in [2.45, 2.75) is 65.2 Å². The van der Waals surface area contributed by atoms with E-state index in [4.69, 9.17) is 0 Å². The summed E-state index contributed by atoms with van der Waals surface area (Å²) in [5.74, 6) is 4.08. The Morgan fingerprint density at radius 2 is 1.25 bits per heavy atom. The van der Waals surface area contributed by atoms with Crippen LogP contribution in [0.25, 0.3) is 0 Å². The summed E-state index contributed by atoms with van der Waals surface area (Å²) in [5, 5.41) is 0. The highest BCUT2D eigenvalue weighted by molar-refractivity contribution is 4.90. The van der Waals surface area contributed by atoms with Crippen molar-refractivity contribution in [1.82, 2.24) is 0 Å². The lowest BCUT2D eigenvalue weighted by molar-refractivity contribution is 0.160. The molecule has 0 aromatic heterocycles. The zero-order valence-corrected chi connectivity index (χ0v) is 11.1. The van der Waals surface area contributed by atoms with Crippen LogP contribution in [0.2, 0.25) is 0 Å². The third-order valence-electron chi connectivity index (χ3n) is 5.01. The molecule has 0 heterocycles. The van der Waals surface area contributed by atoms with Crippen LogP contribution >= 0.6 is 0 Å². The second-order valence-electron chi connectivity index (χ2n) is 6.22. The van der Waals surface area contributed by atoms with E-state index in [0.717, 1.165) is 23.7 Å². The third-order valence-corrected chi connectivity index (χ3v) is 5.01. The van der Waals surface area contributed by atoms with Gasteiger partial charge in [-0.25, -0.2) is 0 Å². The molecule has 2 saturated carbocycles. The van der Waals surface area contributed by atoms with E-state index in [2.05, 4.69) is 26.0 Å². The molecular weight excluding hydrogens is 192 g/mol. The number of allylic oxidation sites excluding steroid dienone is 2. The van der Waals surface area contributed by atoms with Crippen LogP contribution < -0.4 is 0 Å². The molecule has 2 fully saturated rings. The van der Waals surface area contributed by atoms with Crippen LogP contribution in [0.4, 0.5) is 0 Å². The van der Waals surface area contributed by atoms with Gasteiger partial charge >= 0.3 is 0 Å². The van der Waals surface area contributed by atoms with Crippen molar-refractivity contribution < 1.29 is 0 Å². The van der Waals surface area contributed by atoms with Gasteiger partial charge in [-0.05, 0) is 69.1 Å². The zero-order chi connectivity index (χ0) is 11.4. The first-order valence-corrected chi connectivity index (χ1v) is 7.42. The molecule has 0 spiro atoms. The smallest absolute Gasteiger partial charge is 0.0233 e. The zero-order valence-electron chi connectivity index (χ0n) is 11.1. The Hall–Kier alpha value is -0.260. The molecule has 2 rings (SSSR count). The summed E-state index contributed by atoms with van der Waals surface area (Å²) in [7, 11) is 0. The van der Waals surface area contributed by atoms with Crippen molar-refractivity contribution in [3.05, 3.63) is 12.2 Å². The van der Waals surface area contributed by atoms with E-state index in [1.165, 1.54) is 51.4 Å². The molecule has 0 aromatic carbocycles. The Labute approximate surface area is 102 Å². The van der Waals surface area contributed by atoms with Crippen molar-refractivity contribution in [3.8, 4) is 0 Å². The molecule has 0 radical (unpaired) electrons. The molecule has 2 aliphatic carbocycles. The quantitative estimate of drug-likeness (QED) is 0.561. The normalized spacial score (nSPS) is 41.4. The standard InChI is InChI=1S/C16H28/c1-3-4-14-7-11-16(12-8-14)15-9-5-13(2)6-10-15/h3-4,13-16H,5-12H2,1-2H3/b4-3-. The van der Waals surface area contributed by atoms with Crippen LogP contribution in [0.1, 0.15) is 65.2 Å². The third kappa shape index (κ3) is 3.12. The first kappa shape index (κ1) is 12.2. The van der Waals surface area contributed by atoms with Gasteiger partial charge in [0, 0.05) is 0 Å². The molecule has 0 aromatic rings. The topological polar surface area (TPSA) is 0 Å². The van der Waals surface area contributed by atoms with E-state index >= 15 is 0 Å². The van der Waals surface area contributed by atoms with Crippen molar-refractivity contribution in [3.63, 3.8) is 0 Å². The van der Waals surface area contributed by atoms with Gasteiger partial charge in [-0.3, -0.25) is 0 Å². The van der Waals surface area contributed by atoms with Gasteiger partial charge in [-0.15, -0.1) is 0 Å². The predicted octanol–water partition coefficient (Wildman–Crippen LogP) is 5.20. The second-order valence-corrected chi connectivity index (χ2v) is 6.22. The summed E-state index contributed by atoms with van der Waals surface area (Å²) in [6.45, 7) is 4.59. The van der Waals surface area contributed by atoms with Gasteiger partial charge in [-0.1, -0.05) is 31.9 Å². The first-order valence-electron chi connectivity index (χ1n) is 7.42. The van der Waals surface area contributed by atoms with E-state index < -0.39 is 0 Å². The maximum Gasteiger partial charge on any atom is -0.0233 e. The fourth-order valence-electron chi connectivity index (χ4n) is 3.84. The molecule has 16 heavy (non-hydrogen) atoms. The van der Waals surface area contributed by atoms with Gasteiger partial charge in [0.25, 0.3) is 0 Å². The average Bonchev–Trinajstić information content (AvgIpc) is 2.32. The Bertz CT molecular complexity index is 212. The average molecular weight is 220 g/mol. The highest BCUT2D eigenvalue weighted by Crippen LogP contribution is 2.41. The Morgan fingerprint density at radius 1 is 0.750 bits per heavy atom. The van der Waals surface area contributed by atoms with Crippen LogP contribution in [-0.2, 0) is 0 Å². The molecular formula is C16H28. The van der Waals surface area contributed by atoms with Gasteiger partial charge in [-0.2, -0.15) is 0 Å². The van der Waals surface area contributed by atoms with E-state index in [-0.39, 0.29) is 0 Å². The van der Waals surface area contributed by atoms with Crippen LogP contribution in [0, 0.1) is 23.7 Å². The van der Waals surface area contributed by atoms with E-state index in [1.807, 2.05) is 0 Å². The molecule has 0 unspecified atom stereocenters. The largest absolute Gasteiger partial charge is 0.0914 e. The lowest BCUT2D eigenvalue weighted by Gasteiger charge is -2.36. The van der Waals surface area contributed by atoms with Crippen LogP contribution in [0.3, 0.4) is 0 Å². The molecule has 0 saturated heterocycles. The fourth-order valence-corrected chi connectivity index (χ4v) is 3.84. The van der Waals surface area contributed by atoms with Gasteiger partial charge in [0.1, 0.15) is 0 Å². The van der Waals surface area contributed by atoms with Crippen LogP contribution in [-0.4, -0.2) is 0 Å². The van der Waals surface area contributed by atoms with Crippen molar-refractivity contribution in [2.75, 3.05) is 0 Å². The van der Waals surface area contributed by atoms with Gasteiger partial charge < -0.3 is 0 Å². The molecule has 0 nitrogen and oxygen atoms in total. The lowest BCUT2D eigenvalue weighted by Crippen LogP contribution is -2.24. The molecule has 0 heteroatoms. The van der Waals surface area contributed by atoms with Crippen LogP contribution in [0.15, 0.2) is 12.2 Å². The van der Waals surface area contributed by atoms with E-state index in [1.54, 1.807) is 0 Å². The summed E-state index contributed by atoms with van der Waals surface area (Å²) in [6, 6.07) is 0. The Morgan fingerprint density at radius 3 is 1.75 bits per heavy atom. The molecule has 92 valence electrons. The summed E-state index contributed by atoms with van der Waals surface area (Å²) < 4.78 is 0. The monoisotopic (exact) mass is 220 g/mol. The van der Waals surface area contributed by atoms with Crippen molar-refractivity contribution >= 4 is 0 Å². The highest BCUT2D eigenvalue weighted by atomic mass is 14.3. The summed E-state index contributed by atoms with van der Waals surface area (Å²) in [6.07, 6.45) is 16.7.